The first-order valence-corrected chi connectivity index (χ1v) is 7.16. The molecule has 1 amide bonds. The van der Waals surface area contributed by atoms with Crippen molar-refractivity contribution >= 4 is 11.6 Å². The highest BCUT2D eigenvalue weighted by atomic mass is 19.1. The molecule has 2 N–H and O–H groups in total. The van der Waals surface area contributed by atoms with E-state index in [4.69, 9.17) is 0 Å². The lowest BCUT2D eigenvalue weighted by atomic mass is 10.3. The second-order valence-electron chi connectivity index (χ2n) is 5.25. The zero-order chi connectivity index (χ0) is 14.4. The Morgan fingerprint density at radius 1 is 1.35 bits per heavy atom. The molecule has 0 bridgehead atoms. The van der Waals surface area contributed by atoms with Crippen LogP contribution in [0.3, 0.4) is 0 Å². The minimum atomic E-state index is -0.411. The Labute approximate surface area is 119 Å². The molecule has 0 aliphatic carbocycles. The number of likely N-dealkylation sites (tertiary alicyclic amines) is 1. The quantitative estimate of drug-likeness (QED) is 0.835. The van der Waals surface area contributed by atoms with Crippen molar-refractivity contribution in [3.63, 3.8) is 0 Å². The van der Waals surface area contributed by atoms with Crippen LogP contribution in [0.1, 0.15) is 19.8 Å². The van der Waals surface area contributed by atoms with Crippen LogP contribution in [0.2, 0.25) is 0 Å². The van der Waals surface area contributed by atoms with Crippen molar-refractivity contribution in [2.75, 3.05) is 31.5 Å². The highest BCUT2D eigenvalue weighted by Crippen LogP contribution is 2.12. The Morgan fingerprint density at radius 3 is 2.75 bits per heavy atom. The summed E-state index contributed by atoms with van der Waals surface area (Å²) in [5.74, 6) is -0.630. The van der Waals surface area contributed by atoms with Gasteiger partial charge in [0.15, 0.2) is 0 Å². The lowest BCUT2D eigenvalue weighted by Crippen LogP contribution is -2.41. The molecular weight excluding hydrogens is 257 g/mol. The van der Waals surface area contributed by atoms with Crippen molar-refractivity contribution in [1.82, 2.24) is 10.2 Å². The number of rotatable bonds is 6. The Kier molecular flexibility index (Phi) is 5.49. The topological polar surface area (TPSA) is 44.4 Å². The van der Waals surface area contributed by atoms with Crippen molar-refractivity contribution in [2.24, 2.45) is 0 Å². The zero-order valence-electron chi connectivity index (χ0n) is 11.9. The molecule has 1 fully saturated rings. The SMILES string of the molecule is CC(CNCC(=O)Nc1ccccc1F)N1CCCC1. The number of carbonyl (C=O) groups excluding carboxylic acids is 1. The minimum Gasteiger partial charge on any atom is -0.322 e. The Balaban J connectivity index is 1.69. The van der Waals surface area contributed by atoms with Gasteiger partial charge in [-0.15, -0.1) is 0 Å². The van der Waals surface area contributed by atoms with E-state index in [1.165, 1.54) is 18.9 Å². The largest absolute Gasteiger partial charge is 0.322 e. The van der Waals surface area contributed by atoms with Crippen molar-refractivity contribution < 1.29 is 9.18 Å². The van der Waals surface area contributed by atoms with Gasteiger partial charge in [-0.1, -0.05) is 12.1 Å². The first kappa shape index (κ1) is 14.9. The van der Waals surface area contributed by atoms with Gasteiger partial charge in [0, 0.05) is 12.6 Å². The van der Waals surface area contributed by atoms with Gasteiger partial charge in [0.25, 0.3) is 0 Å². The van der Waals surface area contributed by atoms with Gasteiger partial charge in [-0.3, -0.25) is 9.69 Å². The van der Waals surface area contributed by atoms with E-state index >= 15 is 0 Å². The maximum Gasteiger partial charge on any atom is 0.238 e. The molecule has 0 aromatic heterocycles. The van der Waals surface area contributed by atoms with E-state index in [2.05, 4.69) is 22.5 Å². The summed E-state index contributed by atoms with van der Waals surface area (Å²) in [6.45, 7) is 5.42. The summed E-state index contributed by atoms with van der Waals surface area (Å²) in [7, 11) is 0. The molecule has 5 heteroatoms. The molecule has 1 atom stereocenters. The zero-order valence-corrected chi connectivity index (χ0v) is 11.9. The van der Waals surface area contributed by atoms with Crippen LogP contribution >= 0.6 is 0 Å². The van der Waals surface area contributed by atoms with Gasteiger partial charge in [-0.25, -0.2) is 4.39 Å². The van der Waals surface area contributed by atoms with E-state index < -0.39 is 5.82 Å². The van der Waals surface area contributed by atoms with E-state index in [1.54, 1.807) is 18.2 Å². The second-order valence-corrected chi connectivity index (χ2v) is 5.25. The lowest BCUT2D eigenvalue weighted by molar-refractivity contribution is -0.115. The van der Waals surface area contributed by atoms with Gasteiger partial charge in [0.2, 0.25) is 5.91 Å². The molecule has 0 radical (unpaired) electrons. The summed E-state index contributed by atoms with van der Waals surface area (Å²) in [5, 5.41) is 5.69. The number of anilines is 1. The molecule has 1 heterocycles. The van der Waals surface area contributed by atoms with Gasteiger partial charge in [-0.2, -0.15) is 0 Å². The average molecular weight is 279 g/mol. The molecule has 4 nitrogen and oxygen atoms in total. The average Bonchev–Trinajstić information content (AvgIpc) is 2.95. The van der Waals surface area contributed by atoms with E-state index in [-0.39, 0.29) is 18.1 Å². The van der Waals surface area contributed by atoms with Crippen LogP contribution in [0, 0.1) is 5.82 Å². The Hall–Kier alpha value is -1.46. The summed E-state index contributed by atoms with van der Waals surface area (Å²) in [6.07, 6.45) is 2.52. The number of halogens is 1. The second kappa shape index (κ2) is 7.36. The van der Waals surface area contributed by atoms with Gasteiger partial charge in [0.1, 0.15) is 5.82 Å². The molecular formula is C15H22FN3O. The van der Waals surface area contributed by atoms with Crippen LogP contribution in [0.5, 0.6) is 0 Å². The van der Waals surface area contributed by atoms with Gasteiger partial charge < -0.3 is 10.6 Å². The summed E-state index contributed by atoms with van der Waals surface area (Å²) >= 11 is 0. The number of carbonyl (C=O) groups is 1. The van der Waals surface area contributed by atoms with E-state index in [9.17, 15) is 9.18 Å². The van der Waals surface area contributed by atoms with Crippen LogP contribution in [0.25, 0.3) is 0 Å². The van der Waals surface area contributed by atoms with E-state index in [1.807, 2.05) is 0 Å². The highest BCUT2D eigenvalue weighted by Gasteiger charge is 2.17. The molecule has 0 spiro atoms. The maximum absolute atomic E-state index is 13.4. The van der Waals surface area contributed by atoms with Crippen LogP contribution in [0.15, 0.2) is 24.3 Å². The first-order chi connectivity index (χ1) is 9.66. The van der Waals surface area contributed by atoms with Crippen molar-refractivity contribution in [1.29, 1.82) is 0 Å². The van der Waals surface area contributed by atoms with Crippen LogP contribution in [0.4, 0.5) is 10.1 Å². The summed E-state index contributed by atoms with van der Waals surface area (Å²) < 4.78 is 13.4. The number of nitrogens with one attached hydrogen (secondary N) is 2. The Morgan fingerprint density at radius 2 is 2.05 bits per heavy atom. The molecule has 1 unspecified atom stereocenters. The predicted molar refractivity (Wildman–Crippen MR) is 78.2 cm³/mol. The molecule has 1 aromatic carbocycles. The first-order valence-electron chi connectivity index (χ1n) is 7.16. The highest BCUT2D eigenvalue weighted by molar-refractivity contribution is 5.92. The lowest BCUT2D eigenvalue weighted by Gasteiger charge is -2.23. The minimum absolute atomic E-state index is 0.201. The van der Waals surface area contributed by atoms with Gasteiger partial charge in [-0.05, 0) is 45.0 Å². The number of hydrogen-bond donors (Lipinski definition) is 2. The van der Waals surface area contributed by atoms with Gasteiger partial charge >= 0.3 is 0 Å². The molecule has 110 valence electrons. The predicted octanol–water partition coefficient (Wildman–Crippen LogP) is 1.84. The smallest absolute Gasteiger partial charge is 0.238 e. The number of amides is 1. The monoisotopic (exact) mass is 279 g/mol. The Bertz CT molecular complexity index is 446. The van der Waals surface area contributed by atoms with Crippen molar-refractivity contribution in [3.05, 3.63) is 30.1 Å². The third-order valence-corrected chi connectivity index (χ3v) is 3.64. The normalized spacial score (nSPS) is 17.1. The number of nitrogens with zero attached hydrogens (tertiary/aromatic N) is 1. The third kappa shape index (κ3) is 4.28. The number of para-hydroxylation sites is 1. The summed E-state index contributed by atoms with van der Waals surface area (Å²) in [4.78, 5) is 14.1. The fourth-order valence-electron chi connectivity index (χ4n) is 2.46. The fraction of sp³-hybridized carbons (Fsp3) is 0.533. The van der Waals surface area contributed by atoms with Crippen LogP contribution < -0.4 is 10.6 Å². The standard InChI is InChI=1S/C15H22FN3O/c1-12(19-8-4-5-9-19)10-17-11-15(20)18-14-7-3-2-6-13(14)16/h2-3,6-7,12,17H,4-5,8-11H2,1H3,(H,18,20). The molecule has 2 rings (SSSR count). The summed E-state index contributed by atoms with van der Waals surface area (Å²) in [5.41, 5.74) is 0.229. The molecule has 0 saturated carbocycles. The number of hydrogen-bond acceptors (Lipinski definition) is 3. The molecule has 1 saturated heterocycles. The summed E-state index contributed by atoms with van der Waals surface area (Å²) in [6, 6.07) is 6.61. The van der Waals surface area contributed by atoms with E-state index in [0.29, 0.717) is 6.04 Å². The molecule has 1 aliphatic rings. The molecule has 1 aliphatic heterocycles. The van der Waals surface area contributed by atoms with E-state index in [0.717, 1.165) is 19.6 Å². The van der Waals surface area contributed by atoms with Crippen LogP contribution in [-0.4, -0.2) is 43.0 Å². The third-order valence-electron chi connectivity index (χ3n) is 3.64. The fourth-order valence-corrected chi connectivity index (χ4v) is 2.46. The van der Waals surface area contributed by atoms with Crippen LogP contribution in [-0.2, 0) is 4.79 Å². The maximum atomic E-state index is 13.4. The van der Waals surface area contributed by atoms with Gasteiger partial charge in [0.05, 0.1) is 12.2 Å². The molecule has 1 aromatic rings. The van der Waals surface area contributed by atoms with Crippen molar-refractivity contribution in [3.8, 4) is 0 Å². The number of benzene rings is 1. The van der Waals surface area contributed by atoms with Crippen molar-refractivity contribution in [2.45, 2.75) is 25.8 Å². The molecule has 20 heavy (non-hydrogen) atoms.